The number of aromatic nitrogens is 2. The van der Waals surface area contributed by atoms with Crippen LogP contribution in [0.15, 0.2) is 73.4 Å². The molecule has 14 nitrogen and oxygen atoms in total. The number of amides is 3. The summed E-state index contributed by atoms with van der Waals surface area (Å²) < 4.78 is 27.2. The fourth-order valence-corrected chi connectivity index (χ4v) is 9.21. The number of hydrogen-bond donors (Lipinski definition) is 2. The molecule has 3 amide bonds. The summed E-state index contributed by atoms with van der Waals surface area (Å²) in [7, 11) is 3.26. The number of ether oxygens (including phenoxy) is 2. The van der Waals surface area contributed by atoms with E-state index < -0.39 is 18.9 Å². The molecule has 2 saturated heterocycles. The number of fused-ring (bicyclic) bond motifs is 1. The summed E-state index contributed by atoms with van der Waals surface area (Å²) in [6.07, 6.45) is 7.27. The summed E-state index contributed by atoms with van der Waals surface area (Å²) in [6, 6.07) is 17.0. The van der Waals surface area contributed by atoms with Gasteiger partial charge in [0, 0.05) is 80.3 Å². The number of hydrazine groups is 1. The van der Waals surface area contributed by atoms with Crippen molar-refractivity contribution < 1.29 is 37.8 Å². The summed E-state index contributed by atoms with van der Waals surface area (Å²) in [6.45, 7) is 18.6. The van der Waals surface area contributed by atoms with E-state index in [2.05, 4.69) is 79.1 Å². The molecule has 6 rings (SSSR count). The van der Waals surface area contributed by atoms with Crippen LogP contribution in [0.4, 0.5) is 4.39 Å². The van der Waals surface area contributed by atoms with Gasteiger partial charge in [-0.2, -0.15) is 0 Å². The van der Waals surface area contributed by atoms with Crippen molar-refractivity contribution in [3.8, 4) is 22.4 Å². The Morgan fingerprint density at radius 1 is 1.06 bits per heavy atom. The first-order valence-corrected chi connectivity index (χ1v) is 23.4. The first kappa shape index (κ1) is 52.2. The van der Waals surface area contributed by atoms with E-state index in [1.165, 1.54) is 11.0 Å². The number of nitrogens with zero attached hydrogens (tertiary/aromatic N) is 5. The smallest absolute Gasteiger partial charge is 0.293 e. The van der Waals surface area contributed by atoms with E-state index in [9.17, 15) is 28.4 Å². The second-order valence-corrected chi connectivity index (χ2v) is 18.7. The average molecular weight is 924 g/mol. The van der Waals surface area contributed by atoms with Crippen LogP contribution in [-0.4, -0.2) is 121 Å². The number of rotatable bonds is 20. The van der Waals surface area contributed by atoms with Gasteiger partial charge in [-0.15, -0.1) is 0 Å². The van der Waals surface area contributed by atoms with Crippen molar-refractivity contribution >= 4 is 41.4 Å². The number of aldehydes is 1. The van der Waals surface area contributed by atoms with E-state index in [0.29, 0.717) is 45.6 Å². The van der Waals surface area contributed by atoms with Crippen molar-refractivity contribution in [1.82, 2.24) is 35.1 Å². The molecule has 2 fully saturated rings. The Morgan fingerprint density at radius 3 is 2.45 bits per heavy atom. The van der Waals surface area contributed by atoms with Crippen molar-refractivity contribution in [1.29, 1.82) is 0 Å². The molecular formula is C52H70FN7O7. The average Bonchev–Trinajstić information content (AvgIpc) is 3.95. The summed E-state index contributed by atoms with van der Waals surface area (Å²) in [4.78, 5) is 67.9. The van der Waals surface area contributed by atoms with Gasteiger partial charge in [-0.1, -0.05) is 64.6 Å². The van der Waals surface area contributed by atoms with Gasteiger partial charge >= 0.3 is 0 Å². The second-order valence-electron chi connectivity index (χ2n) is 18.7. The number of methoxy groups -OCH3 is 1. The molecule has 15 heteroatoms. The van der Waals surface area contributed by atoms with Gasteiger partial charge in [0.2, 0.25) is 11.8 Å². The number of alkyl halides is 1. The number of carbonyl (C=O) groups is 5. The number of aryl methyl sites for hydroxylation is 1. The third-order valence-corrected chi connectivity index (χ3v) is 12.7. The highest BCUT2D eigenvalue weighted by atomic mass is 19.1. The number of likely N-dealkylation sites (N-methyl/N-ethyl adjacent to an activating group) is 1. The van der Waals surface area contributed by atoms with Gasteiger partial charge in [-0.05, 0) is 105 Å². The van der Waals surface area contributed by atoms with Gasteiger partial charge < -0.3 is 29.1 Å². The summed E-state index contributed by atoms with van der Waals surface area (Å²) in [5.41, 5.74) is 10.7. The quantitative estimate of drug-likeness (QED) is 0.0533. The van der Waals surface area contributed by atoms with Crippen molar-refractivity contribution in [2.75, 3.05) is 53.7 Å². The molecule has 2 aliphatic rings. The monoisotopic (exact) mass is 924 g/mol. The first-order chi connectivity index (χ1) is 32.1. The normalized spacial score (nSPS) is 16.6. The topological polar surface area (TPSA) is 155 Å². The molecule has 0 radical (unpaired) electrons. The Balaban J connectivity index is 0.000000669. The van der Waals surface area contributed by atoms with Gasteiger partial charge in [0.25, 0.3) is 12.4 Å². The summed E-state index contributed by atoms with van der Waals surface area (Å²) >= 11 is 0. The van der Waals surface area contributed by atoms with Crippen LogP contribution in [0.3, 0.4) is 0 Å². The zero-order valence-electron chi connectivity index (χ0n) is 40.6. The highest BCUT2D eigenvalue weighted by molar-refractivity contribution is 5.95. The van der Waals surface area contributed by atoms with Gasteiger partial charge in [0.05, 0.1) is 30.1 Å². The van der Waals surface area contributed by atoms with Crippen LogP contribution in [0.1, 0.15) is 83.7 Å². The van der Waals surface area contributed by atoms with Crippen LogP contribution in [-0.2, 0) is 52.8 Å². The molecule has 4 unspecified atom stereocenters. The highest BCUT2D eigenvalue weighted by Crippen LogP contribution is 2.42. The molecule has 2 aliphatic heterocycles. The van der Waals surface area contributed by atoms with Gasteiger partial charge in [-0.25, -0.2) is 9.82 Å². The van der Waals surface area contributed by atoms with Crippen LogP contribution < -0.4 is 10.7 Å². The number of carbonyl (C=O) groups excluding carboxylic acids is 5. The lowest BCUT2D eigenvalue weighted by Crippen LogP contribution is -2.59. The molecule has 0 spiro atoms. The molecule has 2 N–H and O–H groups in total. The SMILES string of the molecule is C=CC(=O)N1CCC(C=O)C1.CCn1c(-c2cccnc2C(C)OC)c(CC(C)(C)COC=O)c2cc(-c3cccc(CC(NC(=O)C(C(C)C)N(C)CF)C(=O)N4CCCCN4)c3)ccc21. The Bertz CT molecular complexity index is 2340. The third kappa shape index (κ3) is 13.0. The standard InChI is InChI=1S/C44H59FN6O5.C8H11NO2/c1-9-50-38-18-17-33(24-35(38)36(25-44(5,6)26-56-28-52)41(50)34-16-13-19-46-39(34)30(4)55-8)32-15-12-14-31(22-32)23-37(43(54)51-21-11-10-20-47-51)48-42(53)40(29(2)3)49(7)27-45;1-2-8(11)9-4-3-7(5-9)6-10/h12-19,22,24,28-30,37,40,47H,9-11,20-21,23,25-27H2,1-8H3,(H,48,53);2,6-7H,1,3-5H2. The molecule has 0 saturated carbocycles. The fourth-order valence-electron chi connectivity index (χ4n) is 9.21. The van der Waals surface area contributed by atoms with Crippen LogP contribution in [0.2, 0.25) is 0 Å². The molecule has 4 aromatic rings. The number of benzene rings is 2. The first-order valence-electron chi connectivity index (χ1n) is 23.4. The van der Waals surface area contributed by atoms with Gasteiger partial charge in [0.1, 0.15) is 19.1 Å². The Labute approximate surface area is 395 Å². The fraction of sp³-hybridized carbons (Fsp3) is 0.500. The van der Waals surface area contributed by atoms with Crippen molar-refractivity contribution in [3.63, 3.8) is 0 Å². The number of pyridine rings is 1. The van der Waals surface area contributed by atoms with Crippen molar-refractivity contribution in [2.45, 2.75) is 98.4 Å². The third-order valence-electron chi connectivity index (χ3n) is 12.7. The predicted octanol–water partition coefficient (Wildman–Crippen LogP) is 7.10. The largest absolute Gasteiger partial charge is 0.467 e. The van der Waals surface area contributed by atoms with E-state index in [1.54, 1.807) is 30.3 Å². The lowest BCUT2D eigenvalue weighted by atomic mass is 9.84. The lowest BCUT2D eigenvalue weighted by Gasteiger charge is -2.33. The van der Waals surface area contributed by atoms with Crippen LogP contribution in [0.25, 0.3) is 33.3 Å². The van der Waals surface area contributed by atoms with E-state index >= 15 is 0 Å². The number of likely N-dealkylation sites (tertiary alicyclic amines) is 1. The Hall–Kier alpha value is -5.77. The predicted molar refractivity (Wildman–Crippen MR) is 259 cm³/mol. The maximum absolute atomic E-state index is 14.0. The molecule has 67 heavy (non-hydrogen) atoms. The van der Waals surface area contributed by atoms with Crippen LogP contribution in [0.5, 0.6) is 0 Å². The highest BCUT2D eigenvalue weighted by Gasteiger charge is 2.34. The minimum Gasteiger partial charge on any atom is -0.467 e. The summed E-state index contributed by atoms with van der Waals surface area (Å²) in [5.74, 6) is -0.790. The Morgan fingerprint density at radius 2 is 1.82 bits per heavy atom. The van der Waals surface area contributed by atoms with Crippen LogP contribution in [0, 0.1) is 17.3 Å². The van der Waals surface area contributed by atoms with E-state index in [0.717, 1.165) is 75.7 Å². The molecular weight excluding hydrogens is 854 g/mol. The number of halogens is 1. The molecule has 4 atom stereocenters. The zero-order chi connectivity index (χ0) is 48.8. The minimum absolute atomic E-state index is 0.0406. The molecule has 2 aromatic carbocycles. The van der Waals surface area contributed by atoms with Gasteiger partial charge in [0.15, 0.2) is 0 Å². The maximum Gasteiger partial charge on any atom is 0.293 e. The Kier molecular flexibility index (Phi) is 18.9. The van der Waals surface area contributed by atoms with Crippen molar-refractivity contribution in [3.05, 3.63) is 90.3 Å². The molecule has 4 heterocycles. The van der Waals surface area contributed by atoms with E-state index in [4.69, 9.17) is 14.5 Å². The van der Waals surface area contributed by atoms with E-state index in [1.807, 2.05) is 39.0 Å². The second kappa shape index (κ2) is 24.3. The molecule has 362 valence electrons. The molecule has 0 bridgehead atoms. The molecule has 2 aromatic heterocycles. The zero-order valence-corrected chi connectivity index (χ0v) is 40.6. The van der Waals surface area contributed by atoms with Crippen LogP contribution >= 0.6 is 0 Å². The lowest BCUT2D eigenvalue weighted by molar-refractivity contribution is -0.141. The minimum atomic E-state index is -0.855. The number of nitrogens with one attached hydrogen (secondary N) is 2. The van der Waals surface area contributed by atoms with E-state index in [-0.39, 0.29) is 54.1 Å². The maximum atomic E-state index is 14.0. The molecule has 0 aliphatic carbocycles. The number of hydrogen-bond acceptors (Lipinski definition) is 10. The summed E-state index contributed by atoms with van der Waals surface area (Å²) in [5, 5.41) is 5.69. The van der Waals surface area contributed by atoms with Crippen molar-refractivity contribution in [2.24, 2.45) is 17.3 Å². The van der Waals surface area contributed by atoms with Gasteiger partial charge in [-0.3, -0.25) is 34.1 Å².